The number of hydrogen-bond donors (Lipinski definition) is 3. The Morgan fingerprint density at radius 2 is 1.87 bits per heavy atom. The van der Waals surface area contributed by atoms with Gasteiger partial charge in [0, 0.05) is 55.6 Å². The third kappa shape index (κ3) is 10.6. The summed E-state index contributed by atoms with van der Waals surface area (Å²) in [5.41, 5.74) is 0.450. The molecule has 3 N–H and O–H groups in total. The summed E-state index contributed by atoms with van der Waals surface area (Å²) in [6.45, 7) is 13.9. The highest BCUT2D eigenvalue weighted by atomic mass is 35.5. The number of hydrogen-bond acceptors (Lipinski definition) is 13. The minimum absolute atomic E-state index is 0.0277. The molecule has 3 aromatic rings. The van der Waals surface area contributed by atoms with E-state index in [1.165, 1.54) is 0 Å². The largest absolute Gasteiger partial charge is 0.439 e. The standard InChI is InChI=1S/C37H53ClN10O4/c1-24(2)34(52-35(49)36(4,5)6)48-33(45-46-47-48)21-51-20-25(3)42-26-10-12-27(13-11-26)43-32-18-28(29(38)19-40-32)30-8-7-9-31(44-30)41-23-37(22-39)14-16-50-17-15-37/h7-9,18-19,24-27,34,42H,10-17,20-21,23H2,1-6H3,(H,40,43)(H,41,44)/t25-,26-,27-,34-/m0/s1. The third-order valence-electron chi connectivity index (χ3n) is 9.59. The zero-order chi connectivity index (χ0) is 37.3. The number of nitriles is 1. The molecule has 282 valence electrons. The van der Waals surface area contributed by atoms with E-state index in [4.69, 9.17) is 30.8 Å². The summed E-state index contributed by atoms with van der Waals surface area (Å²) < 4.78 is 18.8. The number of carbonyl (C=O) groups excluding carboxylic acids is 1. The number of nitrogens with zero attached hydrogens (tertiary/aromatic N) is 7. The predicted molar refractivity (Wildman–Crippen MR) is 198 cm³/mol. The second-order valence-corrected chi connectivity index (χ2v) is 15.8. The van der Waals surface area contributed by atoms with E-state index in [0.29, 0.717) is 61.9 Å². The summed E-state index contributed by atoms with van der Waals surface area (Å²) in [7, 11) is 0. The highest BCUT2D eigenvalue weighted by Gasteiger charge is 2.33. The summed E-state index contributed by atoms with van der Waals surface area (Å²) in [5.74, 6) is 1.64. The molecule has 2 fully saturated rings. The van der Waals surface area contributed by atoms with Crippen LogP contribution in [0.5, 0.6) is 0 Å². The molecule has 1 saturated carbocycles. The first-order valence-electron chi connectivity index (χ1n) is 18.3. The molecule has 2 atom stereocenters. The maximum absolute atomic E-state index is 12.6. The van der Waals surface area contributed by atoms with E-state index in [-0.39, 0.29) is 30.6 Å². The monoisotopic (exact) mass is 736 g/mol. The predicted octanol–water partition coefficient (Wildman–Crippen LogP) is 6.18. The van der Waals surface area contributed by atoms with Gasteiger partial charge in [-0.05, 0) is 94.8 Å². The molecule has 2 aliphatic rings. The summed E-state index contributed by atoms with van der Waals surface area (Å²) in [6.07, 6.45) is 6.47. The van der Waals surface area contributed by atoms with Crippen LogP contribution in [0.4, 0.5) is 11.6 Å². The smallest absolute Gasteiger partial charge is 0.313 e. The van der Waals surface area contributed by atoms with Gasteiger partial charge in [-0.1, -0.05) is 31.5 Å². The van der Waals surface area contributed by atoms with Gasteiger partial charge in [-0.3, -0.25) is 4.79 Å². The molecule has 14 nitrogen and oxygen atoms in total. The third-order valence-corrected chi connectivity index (χ3v) is 9.89. The lowest BCUT2D eigenvalue weighted by Gasteiger charge is -2.32. The van der Waals surface area contributed by atoms with Crippen molar-refractivity contribution in [3.63, 3.8) is 0 Å². The van der Waals surface area contributed by atoms with Gasteiger partial charge < -0.3 is 30.2 Å². The van der Waals surface area contributed by atoms with Gasteiger partial charge in [-0.25, -0.2) is 9.97 Å². The number of ether oxygens (including phenoxy) is 3. The quantitative estimate of drug-likeness (QED) is 0.151. The number of aromatic nitrogens is 6. The van der Waals surface area contributed by atoms with Crippen LogP contribution in [0, 0.1) is 28.1 Å². The zero-order valence-electron chi connectivity index (χ0n) is 31.2. The molecule has 3 aromatic heterocycles. The van der Waals surface area contributed by atoms with Crippen LogP contribution >= 0.6 is 11.6 Å². The molecule has 0 aromatic carbocycles. The van der Waals surface area contributed by atoms with Crippen molar-refractivity contribution in [2.75, 3.05) is 37.0 Å². The summed E-state index contributed by atoms with van der Waals surface area (Å²) in [6, 6.07) is 11.0. The molecule has 52 heavy (non-hydrogen) atoms. The Labute approximate surface area is 311 Å². The van der Waals surface area contributed by atoms with E-state index in [1.807, 2.05) is 58.9 Å². The number of nitrogens with one attached hydrogen (secondary N) is 3. The first-order chi connectivity index (χ1) is 24.9. The Hall–Kier alpha value is -3.90. The molecule has 0 spiro atoms. The second kappa shape index (κ2) is 17.7. The van der Waals surface area contributed by atoms with Crippen LogP contribution in [0.1, 0.15) is 92.1 Å². The minimum atomic E-state index is -0.635. The highest BCUT2D eigenvalue weighted by Crippen LogP contribution is 2.32. The average Bonchev–Trinajstić information content (AvgIpc) is 3.59. The molecule has 1 aliphatic heterocycles. The van der Waals surface area contributed by atoms with Crippen LogP contribution in [-0.4, -0.2) is 80.6 Å². The zero-order valence-corrected chi connectivity index (χ0v) is 31.9. The molecule has 5 rings (SSSR count). The topological polar surface area (TPSA) is 174 Å². The van der Waals surface area contributed by atoms with Crippen molar-refractivity contribution in [1.82, 2.24) is 35.5 Å². The summed E-state index contributed by atoms with van der Waals surface area (Å²) in [5, 5.41) is 33.1. The summed E-state index contributed by atoms with van der Waals surface area (Å²) in [4.78, 5) is 22.0. The van der Waals surface area contributed by atoms with E-state index >= 15 is 0 Å². The van der Waals surface area contributed by atoms with Crippen molar-refractivity contribution in [1.29, 1.82) is 5.26 Å². The van der Waals surface area contributed by atoms with Crippen molar-refractivity contribution in [2.24, 2.45) is 16.7 Å². The number of anilines is 2. The van der Waals surface area contributed by atoms with Gasteiger partial charge in [-0.15, -0.1) is 5.10 Å². The molecule has 15 heteroatoms. The van der Waals surface area contributed by atoms with Crippen LogP contribution in [0.3, 0.4) is 0 Å². The van der Waals surface area contributed by atoms with E-state index < -0.39 is 17.1 Å². The number of pyridine rings is 2. The lowest BCUT2D eigenvalue weighted by Crippen LogP contribution is -2.43. The molecule has 0 radical (unpaired) electrons. The molecule has 1 saturated heterocycles. The normalized spacial score (nSPS) is 20.1. The molecule has 4 heterocycles. The summed E-state index contributed by atoms with van der Waals surface area (Å²) >= 11 is 6.61. The molecular formula is C37H53ClN10O4. The van der Waals surface area contributed by atoms with Gasteiger partial charge in [0.2, 0.25) is 6.23 Å². The first kappa shape index (κ1) is 39.3. The van der Waals surface area contributed by atoms with Gasteiger partial charge in [-0.2, -0.15) is 9.94 Å². The van der Waals surface area contributed by atoms with Crippen molar-refractivity contribution in [2.45, 2.75) is 111 Å². The van der Waals surface area contributed by atoms with Crippen LogP contribution in [0.25, 0.3) is 11.3 Å². The molecule has 0 amide bonds. The fourth-order valence-electron chi connectivity index (χ4n) is 6.40. The number of carbonyl (C=O) groups is 1. The maximum Gasteiger partial charge on any atom is 0.313 e. The van der Waals surface area contributed by atoms with E-state index in [9.17, 15) is 10.1 Å². The molecular weight excluding hydrogens is 684 g/mol. The maximum atomic E-state index is 12.6. The molecule has 0 unspecified atom stereocenters. The van der Waals surface area contributed by atoms with Crippen LogP contribution in [-0.2, 0) is 25.6 Å². The van der Waals surface area contributed by atoms with Crippen LogP contribution in [0.2, 0.25) is 5.02 Å². The highest BCUT2D eigenvalue weighted by molar-refractivity contribution is 6.33. The van der Waals surface area contributed by atoms with Gasteiger partial charge >= 0.3 is 5.97 Å². The number of tetrazole rings is 1. The lowest BCUT2D eigenvalue weighted by molar-refractivity contribution is -0.168. The average molecular weight is 737 g/mol. The van der Waals surface area contributed by atoms with E-state index in [0.717, 1.165) is 42.8 Å². The Morgan fingerprint density at radius 3 is 2.56 bits per heavy atom. The Balaban J connectivity index is 1.07. The Bertz CT molecular complexity index is 1660. The van der Waals surface area contributed by atoms with Gasteiger partial charge in [0.25, 0.3) is 0 Å². The Morgan fingerprint density at radius 1 is 1.13 bits per heavy atom. The first-order valence-corrected chi connectivity index (χ1v) is 18.7. The van der Waals surface area contributed by atoms with Crippen molar-refractivity contribution < 1.29 is 19.0 Å². The lowest BCUT2D eigenvalue weighted by atomic mass is 9.82. The Kier molecular flexibility index (Phi) is 13.4. The molecule has 0 bridgehead atoms. The number of esters is 1. The van der Waals surface area contributed by atoms with E-state index in [1.54, 1.807) is 10.9 Å². The van der Waals surface area contributed by atoms with Gasteiger partial charge in [0.05, 0.1) is 34.2 Å². The fourth-order valence-corrected chi connectivity index (χ4v) is 6.60. The fraction of sp³-hybridized carbons (Fsp3) is 0.649. The van der Waals surface area contributed by atoms with Crippen molar-refractivity contribution in [3.05, 3.63) is 41.3 Å². The van der Waals surface area contributed by atoms with Crippen molar-refractivity contribution in [3.8, 4) is 17.3 Å². The number of rotatable bonds is 15. The van der Waals surface area contributed by atoms with Gasteiger partial charge in [0.15, 0.2) is 5.82 Å². The van der Waals surface area contributed by atoms with Crippen molar-refractivity contribution >= 4 is 29.2 Å². The van der Waals surface area contributed by atoms with Gasteiger partial charge in [0.1, 0.15) is 18.2 Å². The SMILES string of the molecule is CC(C)[C@H](OC(=O)C(C)(C)C)n1nnnc1COC[C@H](C)N[C@H]1CC[C@H](Nc2cc(-c3cccc(NCC4(C#N)CCOCC4)n3)c(Cl)cn2)CC1. The number of halogens is 1. The second-order valence-electron chi connectivity index (χ2n) is 15.4. The van der Waals surface area contributed by atoms with E-state index in [2.05, 4.69) is 49.5 Å². The van der Waals surface area contributed by atoms with Crippen LogP contribution in [0.15, 0.2) is 30.5 Å². The minimum Gasteiger partial charge on any atom is -0.439 e. The van der Waals surface area contributed by atoms with Crippen LogP contribution < -0.4 is 16.0 Å². The molecule has 1 aliphatic carbocycles.